The van der Waals surface area contributed by atoms with Crippen LogP contribution in [0, 0.1) is 0 Å². The third-order valence-electron chi connectivity index (χ3n) is 6.33. The summed E-state index contributed by atoms with van der Waals surface area (Å²) in [6.07, 6.45) is 3.98. The molecule has 1 aliphatic carbocycles. The number of ether oxygens (including phenoxy) is 1. The maximum absolute atomic E-state index is 12.4. The van der Waals surface area contributed by atoms with Crippen LogP contribution in [0.1, 0.15) is 69.6 Å². The molecule has 7 nitrogen and oxygen atoms in total. The molecule has 5 rings (SSSR count). The number of piperidine rings is 1. The summed E-state index contributed by atoms with van der Waals surface area (Å²) in [5, 5.41) is 10.0. The molecular weight excluding hydrogens is 414 g/mol. The van der Waals surface area contributed by atoms with E-state index >= 15 is 0 Å². The highest BCUT2D eigenvalue weighted by Crippen LogP contribution is 2.37. The standard InChI is InChI=1S/C23H30ClN5O2/c1-23(2,3)31-22(30)27-10-8-15(9-11-27)21-26-25-20-14-28(18-5-6-18)13-16-12-17(24)4-7-19(16)29(20)21/h4,7,12,15,18H,5-6,8-11,13-14H2,1-3H3. The van der Waals surface area contributed by atoms with Crippen LogP contribution in [0.25, 0.3) is 5.69 Å². The topological polar surface area (TPSA) is 63.5 Å². The number of fused-ring (bicyclic) bond motifs is 3. The van der Waals surface area contributed by atoms with Crippen molar-refractivity contribution in [2.24, 2.45) is 0 Å². The first-order chi connectivity index (χ1) is 14.8. The Morgan fingerprint density at radius 2 is 1.84 bits per heavy atom. The zero-order valence-corrected chi connectivity index (χ0v) is 19.2. The Bertz CT molecular complexity index is 986. The molecule has 2 aliphatic heterocycles. The van der Waals surface area contributed by atoms with Crippen LogP contribution in [0.4, 0.5) is 4.79 Å². The molecule has 0 spiro atoms. The third kappa shape index (κ3) is 4.30. The molecule has 8 heteroatoms. The van der Waals surface area contributed by atoms with Crippen LogP contribution >= 0.6 is 11.6 Å². The summed E-state index contributed by atoms with van der Waals surface area (Å²) in [7, 11) is 0. The number of nitrogens with zero attached hydrogens (tertiary/aromatic N) is 5. The zero-order chi connectivity index (χ0) is 21.8. The number of rotatable bonds is 2. The van der Waals surface area contributed by atoms with Crippen LogP contribution in [0.3, 0.4) is 0 Å². The number of halogens is 1. The monoisotopic (exact) mass is 443 g/mol. The van der Waals surface area contributed by atoms with E-state index in [1.807, 2.05) is 31.7 Å². The second kappa shape index (κ2) is 7.78. The first kappa shape index (κ1) is 20.8. The van der Waals surface area contributed by atoms with Gasteiger partial charge < -0.3 is 9.64 Å². The Hall–Kier alpha value is -2.12. The van der Waals surface area contributed by atoms with Crippen molar-refractivity contribution in [3.8, 4) is 5.69 Å². The van der Waals surface area contributed by atoms with E-state index in [0.29, 0.717) is 19.1 Å². The molecule has 31 heavy (non-hydrogen) atoms. The molecule has 2 fully saturated rings. The first-order valence-corrected chi connectivity index (χ1v) is 11.6. The fourth-order valence-corrected chi connectivity index (χ4v) is 4.85. The predicted molar refractivity (Wildman–Crippen MR) is 118 cm³/mol. The Balaban J connectivity index is 1.40. The second-order valence-corrected chi connectivity index (χ2v) is 10.4. The molecule has 0 unspecified atom stereocenters. The SMILES string of the molecule is CC(C)(C)OC(=O)N1CCC(c2nnc3n2-c2ccc(Cl)cc2CN(C2CC2)C3)CC1. The van der Waals surface area contributed by atoms with Crippen molar-refractivity contribution >= 4 is 17.7 Å². The van der Waals surface area contributed by atoms with E-state index in [2.05, 4.69) is 31.8 Å². The number of amides is 1. The van der Waals surface area contributed by atoms with Gasteiger partial charge in [-0.15, -0.1) is 10.2 Å². The number of likely N-dealkylation sites (tertiary alicyclic amines) is 1. The second-order valence-electron chi connectivity index (χ2n) is 9.96. The number of aromatic nitrogens is 3. The molecule has 0 radical (unpaired) electrons. The van der Waals surface area contributed by atoms with Crippen molar-refractivity contribution < 1.29 is 9.53 Å². The largest absolute Gasteiger partial charge is 0.444 e. The third-order valence-corrected chi connectivity index (χ3v) is 6.57. The van der Waals surface area contributed by atoms with Crippen LogP contribution in [0.2, 0.25) is 5.02 Å². The van der Waals surface area contributed by atoms with Gasteiger partial charge in [0.05, 0.1) is 12.2 Å². The smallest absolute Gasteiger partial charge is 0.410 e. The Labute approximate surface area is 188 Å². The lowest BCUT2D eigenvalue weighted by molar-refractivity contribution is 0.0203. The fourth-order valence-electron chi connectivity index (χ4n) is 4.66. The molecule has 1 aromatic carbocycles. The van der Waals surface area contributed by atoms with E-state index in [9.17, 15) is 4.79 Å². The maximum atomic E-state index is 12.4. The van der Waals surface area contributed by atoms with Crippen LogP contribution in [0.5, 0.6) is 0 Å². The molecule has 166 valence electrons. The van der Waals surface area contributed by atoms with Crippen molar-refractivity contribution in [1.82, 2.24) is 24.6 Å². The van der Waals surface area contributed by atoms with Gasteiger partial charge in [0.25, 0.3) is 0 Å². The molecule has 0 N–H and O–H groups in total. The zero-order valence-electron chi connectivity index (χ0n) is 18.5. The predicted octanol–water partition coefficient (Wildman–Crippen LogP) is 4.51. The molecule has 0 bridgehead atoms. The molecule has 1 saturated carbocycles. The Kier molecular flexibility index (Phi) is 5.21. The summed E-state index contributed by atoms with van der Waals surface area (Å²) >= 11 is 6.35. The average molecular weight is 444 g/mol. The quantitative estimate of drug-likeness (QED) is 0.683. The minimum atomic E-state index is -0.476. The number of benzene rings is 1. The van der Waals surface area contributed by atoms with Crippen molar-refractivity contribution in [2.45, 2.75) is 77.1 Å². The highest BCUT2D eigenvalue weighted by Gasteiger charge is 2.35. The molecule has 2 aromatic rings. The van der Waals surface area contributed by atoms with Crippen molar-refractivity contribution in [1.29, 1.82) is 0 Å². The van der Waals surface area contributed by atoms with Gasteiger partial charge in [-0.2, -0.15) is 0 Å². The van der Waals surface area contributed by atoms with Crippen LogP contribution < -0.4 is 0 Å². The van der Waals surface area contributed by atoms with Gasteiger partial charge in [0.15, 0.2) is 5.82 Å². The van der Waals surface area contributed by atoms with E-state index in [1.54, 1.807) is 0 Å². The van der Waals surface area contributed by atoms with Gasteiger partial charge in [0, 0.05) is 36.6 Å². The summed E-state index contributed by atoms with van der Waals surface area (Å²) in [4.78, 5) is 16.7. The van der Waals surface area contributed by atoms with E-state index < -0.39 is 5.60 Å². The van der Waals surface area contributed by atoms with Crippen molar-refractivity contribution in [2.75, 3.05) is 13.1 Å². The van der Waals surface area contributed by atoms with Crippen LogP contribution in [-0.4, -0.2) is 55.4 Å². The Morgan fingerprint density at radius 3 is 2.52 bits per heavy atom. The average Bonchev–Trinajstić information content (AvgIpc) is 3.49. The molecular formula is C23H30ClN5O2. The summed E-state index contributed by atoms with van der Waals surface area (Å²) in [5.74, 6) is 2.26. The lowest BCUT2D eigenvalue weighted by atomic mass is 9.96. The molecule has 0 atom stereocenters. The molecule has 3 aliphatic rings. The first-order valence-electron chi connectivity index (χ1n) is 11.2. The summed E-state index contributed by atoms with van der Waals surface area (Å²) in [5.41, 5.74) is 1.89. The lowest BCUT2D eigenvalue weighted by Gasteiger charge is -2.33. The van der Waals surface area contributed by atoms with Gasteiger partial charge in [-0.1, -0.05) is 11.6 Å². The van der Waals surface area contributed by atoms with E-state index in [-0.39, 0.29) is 12.0 Å². The van der Waals surface area contributed by atoms with Crippen LogP contribution in [-0.2, 0) is 17.8 Å². The summed E-state index contributed by atoms with van der Waals surface area (Å²) < 4.78 is 7.80. The van der Waals surface area contributed by atoms with Gasteiger partial charge in [-0.25, -0.2) is 4.79 Å². The van der Waals surface area contributed by atoms with Gasteiger partial charge in [0.2, 0.25) is 0 Å². The molecule has 1 amide bonds. The highest BCUT2D eigenvalue weighted by atomic mass is 35.5. The van der Waals surface area contributed by atoms with E-state index in [4.69, 9.17) is 16.3 Å². The van der Waals surface area contributed by atoms with Gasteiger partial charge in [-0.05, 0) is 70.2 Å². The Morgan fingerprint density at radius 1 is 1.10 bits per heavy atom. The number of hydrogen-bond donors (Lipinski definition) is 0. The fraction of sp³-hybridized carbons (Fsp3) is 0.609. The van der Waals surface area contributed by atoms with Crippen LogP contribution in [0.15, 0.2) is 18.2 Å². The molecule has 3 heterocycles. The summed E-state index contributed by atoms with van der Waals surface area (Å²) in [6.45, 7) is 8.74. The van der Waals surface area contributed by atoms with Gasteiger partial charge >= 0.3 is 6.09 Å². The molecule has 1 aromatic heterocycles. The highest BCUT2D eigenvalue weighted by molar-refractivity contribution is 6.30. The lowest BCUT2D eigenvalue weighted by Crippen LogP contribution is -2.41. The molecule has 1 saturated heterocycles. The van der Waals surface area contributed by atoms with E-state index in [0.717, 1.165) is 48.3 Å². The van der Waals surface area contributed by atoms with Gasteiger partial charge in [-0.3, -0.25) is 9.47 Å². The number of hydrogen-bond acceptors (Lipinski definition) is 5. The number of carbonyl (C=O) groups is 1. The van der Waals surface area contributed by atoms with Gasteiger partial charge in [0.1, 0.15) is 11.4 Å². The van der Waals surface area contributed by atoms with Crippen molar-refractivity contribution in [3.63, 3.8) is 0 Å². The maximum Gasteiger partial charge on any atom is 0.410 e. The minimum absolute atomic E-state index is 0.230. The minimum Gasteiger partial charge on any atom is -0.444 e. The van der Waals surface area contributed by atoms with E-state index in [1.165, 1.54) is 18.4 Å². The van der Waals surface area contributed by atoms with Crippen molar-refractivity contribution in [3.05, 3.63) is 40.4 Å². The number of carbonyl (C=O) groups excluding carboxylic acids is 1. The summed E-state index contributed by atoms with van der Waals surface area (Å²) in [6, 6.07) is 6.76. The normalized spacial score (nSPS) is 20.2.